The number of carbonyl (C=O) groups is 1. The molecule has 1 heterocycles. The van der Waals surface area contributed by atoms with Crippen LogP contribution in [0.1, 0.15) is 12.0 Å². The average molecular weight is 225 g/mol. The molecule has 3 nitrogen and oxygen atoms in total. The third kappa shape index (κ3) is 1.79. The van der Waals surface area contributed by atoms with Gasteiger partial charge in [-0.3, -0.25) is 9.69 Å². The maximum atomic E-state index is 11.6. The van der Waals surface area contributed by atoms with E-state index >= 15 is 0 Å². The largest absolute Gasteiger partial charge is 0.388 e. The summed E-state index contributed by atoms with van der Waals surface area (Å²) >= 11 is 5.77. The zero-order valence-electron chi connectivity index (χ0n) is 8.59. The Balaban J connectivity index is 2.42. The fourth-order valence-electron chi connectivity index (χ4n) is 1.85. The Morgan fingerprint density at radius 2 is 2.27 bits per heavy atom. The fourth-order valence-corrected chi connectivity index (χ4v) is 2.11. The van der Waals surface area contributed by atoms with E-state index in [9.17, 15) is 4.79 Å². The Morgan fingerprint density at radius 3 is 2.93 bits per heavy atom. The van der Waals surface area contributed by atoms with Crippen molar-refractivity contribution in [3.05, 3.63) is 23.8 Å². The van der Waals surface area contributed by atoms with E-state index in [0.29, 0.717) is 6.42 Å². The van der Waals surface area contributed by atoms with Gasteiger partial charge in [0.25, 0.3) is 0 Å². The molecule has 80 valence electrons. The van der Waals surface area contributed by atoms with Crippen LogP contribution in [-0.2, 0) is 11.2 Å². The van der Waals surface area contributed by atoms with Crippen LogP contribution in [0, 0.1) is 0 Å². The highest BCUT2D eigenvalue weighted by Gasteiger charge is 2.23. The maximum Gasteiger partial charge on any atom is 0.228 e. The van der Waals surface area contributed by atoms with E-state index in [-0.39, 0.29) is 11.9 Å². The van der Waals surface area contributed by atoms with Crippen LogP contribution in [0.2, 0.25) is 0 Å². The summed E-state index contributed by atoms with van der Waals surface area (Å²) in [5.74, 6) is 0.106. The van der Waals surface area contributed by atoms with Crippen LogP contribution < -0.4 is 10.2 Å². The summed E-state index contributed by atoms with van der Waals surface area (Å²) in [7, 11) is 1.88. The molecule has 1 aromatic rings. The molecule has 1 aliphatic heterocycles. The quantitative estimate of drug-likeness (QED) is 0.617. The van der Waals surface area contributed by atoms with Crippen molar-refractivity contribution in [2.75, 3.05) is 23.3 Å². The summed E-state index contributed by atoms with van der Waals surface area (Å²) in [5.41, 5.74) is 3.19. The average Bonchev–Trinajstić information content (AvgIpc) is 2.28. The number of anilines is 2. The van der Waals surface area contributed by atoms with E-state index in [1.54, 1.807) is 4.90 Å². The summed E-state index contributed by atoms with van der Waals surface area (Å²) in [6, 6.07) is 6.20. The molecule has 0 radical (unpaired) electrons. The van der Waals surface area contributed by atoms with Crippen LogP contribution >= 0.6 is 11.6 Å². The summed E-state index contributed by atoms with van der Waals surface area (Å²) in [6.07, 6.45) is 1.35. The number of nitrogens with zero attached hydrogens (tertiary/aromatic N) is 1. The maximum absolute atomic E-state index is 11.6. The summed E-state index contributed by atoms with van der Waals surface area (Å²) in [4.78, 5) is 13.2. The minimum Gasteiger partial charge on any atom is -0.388 e. The third-order valence-corrected chi connectivity index (χ3v) is 2.93. The lowest BCUT2D eigenvalue weighted by Gasteiger charge is -2.27. The van der Waals surface area contributed by atoms with E-state index in [1.807, 2.05) is 19.2 Å². The number of rotatable bonds is 2. The van der Waals surface area contributed by atoms with Gasteiger partial charge in [-0.2, -0.15) is 0 Å². The Bertz CT molecular complexity index is 392. The second kappa shape index (κ2) is 4.11. The van der Waals surface area contributed by atoms with Gasteiger partial charge in [0.2, 0.25) is 5.91 Å². The zero-order valence-corrected chi connectivity index (χ0v) is 9.34. The van der Waals surface area contributed by atoms with E-state index < -0.39 is 0 Å². The molecular weight excluding hydrogens is 212 g/mol. The van der Waals surface area contributed by atoms with Crippen LogP contribution in [0.4, 0.5) is 11.4 Å². The van der Waals surface area contributed by atoms with Crippen molar-refractivity contribution in [1.82, 2.24) is 0 Å². The molecule has 2 rings (SSSR count). The Labute approximate surface area is 94.0 Å². The predicted molar refractivity (Wildman–Crippen MR) is 62.5 cm³/mol. The number of aryl methyl sites for hydroxylation is 1. The second-order valence-electron chi connectivity index (χ2n) is 3.53. The monoisotopic (exact) mass is 224 g/mol. The van der Waals surface area contributed by atoms with Crippen molar-refractivity contribution < 1.29 is 4.79 Å². The number of hydrogen-bond donors (Lipinski definition) is 1. The molecule has 1 N–H and O–H groups in total. The van der Waals surface area contributed by atoms with Crippen molar-refractivity contribution in [2.45, 2.75) is 12.8 Å². The van der Waals surface area contributed by atoms with Crippen molar-refractivity contribution >= 4 is 28.9 Å². The molecule has 0 saturated heterocycles. The zero-order chi connectivity index (χ0) is 10.8. The highest BCUT2D eigenvalue weighted by atomic mass is 35.5. The molecule has 4 heteroatoms. The molecule has 1 aromatic carbocycles. The second-order valence-corrected chi connectivity index (χ2v) is 3.77. The van der Waals surface area contributed by atoms with E-state index in [1.165, 1.54) is 5.56 Å². The molecule has 0 saturated carbocycles. The smallest absolute Gasteiger partial charge is 0.228 e. The van der Waals surface area contributed by atoms with Crippen molar-refractivity contribution in [2.24, 2.45) is 0 Å². The predicted octanol–water partition coefficient (Wildman–Crippen LogP) is 2.20. The van der Waals surface area contributed by atoms with Gasteiger partial charge >= 0.3 is 0 Å². The first-order valence-corrected chi connectivity index (χ1v) is 5.46. The fraction of sp³-hybridized carbons (Fsp3) is 0.364. The van der Waals surface area contributed by atoms with Gasteiger partial charge in [0, 0.05) is 24.8 Å². The van der Waals surface area contributed by atoms with Crippen LogP contribution in [0.3, 0.4) is 0 Å². The standard InChI is InChI=1S/C11H13ClN2O/c1-13-9-3-4-10-8(6-9)2-5-11(15)14(10)7-12/h3-4,6,13H,2,5,7H2,1H3. The molecule has 15 heavy (non-hydrogen) atoms. The summed E-state index contributed by atoms with van der Waals surface area (Å²) in [5, 5.41) is 3.08. The van der Waals surface area contributed by atoms with Crippen LogP contribution in [-0.4, -0.2) is 19.0 Å². The molecule has 0 unspecified atom stereocenters. The molecular formula is C11H13ClN2O. The molecule has 0 spiro atoms. The third-order valence-electron chi connectivity index (χ3n) is 2.69. The van der Waals surface area contributed by atoms with Gasteiger partial charge in [-0.1, -0.05) is 0 Å². The van der Waals surface area contributed by atoms with Crippen LogP contribution in [0.25, 0.3) is 0 Å². The number of benzene rings is 1. The Kier molecular flexibility index (Phi) is 2.82. The van der Waals surface area contributed by atoms with Gasteiger partial charge in [0.05, 0.1) is 0 Å². The number of halogens is 1. The van der Waals surface area contributed by atoms with Gasteiger partial charge in [-0.05, 0) is 30.2 Å². The van der Waals surface area contributed by atoms with E-state index in [0.717, 1.165) is 17.8 Å². The highest BCUT2D eigenvalue weighted by Crippen LogP contribution is 2.30. The van der Waals surface area contributed by atoms with Gasteiger partial charge in [0.1, 0.15) is 6.00 Å². The van der Waals surface area contributed by atoms with Gasteiger partial charge in [0.15, 0.2) is 0 Å². The van der Waals surface area contributed by atoms with Gasteiger partial charge < -0.3 is 5.32 Å². The lowest BCUT2D eigenvalue weighted by molar-refractivity contribution is -0.118. The van der Waals surface area contributed by atoms with E-state index in [2.05, 4.69) is 11.4 Å². The molecule has 0 bridgehead atoms. The first-order valence-electron chi connectivity index (χ1n) is 4.93. The lowest BCUT2D eigenvalue weighted by atomic mass is 10.0. The Morgan fingerprint density at radius 1 is 1.47 bits per heavy atom. The molecule has 0 aliphatic carbocycles. The first-order chi connectivity index (χ1) is 7.26. The van der Waals surface area contributed by atoms with Gasteiger partial charge in [-0.25, -0.2) is 0 Å². The molecule has 0 aromatic heterocycles. The van der Waals surface area contributed by atoms with Crippen molar-refractivity contribution in [1.29, 1.82) is 0 Å². The number of alkyl halides is 1. The summed E-state index contributed by atoms with van der Waals surface area (Å²) < 4.78 is 0. The summed E-state index contributed by atoms with van der Waals surface area (Å²) in [6.45, 7) is 0. The molecule has 0 atom stereocenters. The van der Waals surface area contributed by atoms with Crippen LogP contribution in [0.15, 0.2) is 18.2 Å². The topological polar surface area (TPSA) is 32.3 Å². The first kappa shape index (κ1) is 10.3. The number of hydrogen-bond acceptors (Lipinski definition) is 2. The van der Waals surface area contributed by atoms with E-state index in [4.69, 9.17) is 11.6 Å². The minimum atomic E-state index is 0.106. The molecule has 0 fully saturated rings. The number of amides is 1. The number of nitrogens with one attached hydrogen (secondary N) is 1. The van der Waals surface area contributed by atoms with Crippen molar-refractivity contribution in [3.8, 4) is 0 Å². The lowest BCUT2D eigenvalue weighted by Crippen LogP contribution is -2.33. The normalized spacial score (nSPS) is 15.1. The van der Waals surface area contributed by atoms with Gasteiger partial charge in [-0.15, -0.1) is 11.6 Å². The van der Waals surface area contributed by atoms with Crippen molar-refractivity contribution in [3.63, 3.8) is 0 Å². The SMILES string of the molecule is CNc1ccc2c(c1)CCC(=O)N2CCl. The highest BCUT2D eigenvalue weighted by molar-refractivity contribution is 6.21. The molecule has 1 aliphatic rings. The minimum absolute atomic E-state index is 0.106. The molecule has 1 amide bonds. The van der Waals surface area contributed by atoms with Crippen LogP contribution in [0.5, 0.6) is 0 Å². The number of carbonyl (C=O) groups excluding carboxylic acids is 1. The number of fused-ring (bicyclic) bond motifs is 1. The Hall–Kier alpha value is -1.22.